The summed E-state index contributed by atoms with van der Waals surface area (Å²) in [7, 11) is 0. The number of anilines is 1. The molecule has 1 aromatic carbocycles. The second-order valence-corrected chi connectivity index (χ2v) is 5.91. The molecule has 0 radical (unpaired) electrons. The summed E-state index contributed by atoms with van der Waals surface area (Å²) >= 11 is 3.21. The number of halogens is 4. The van der Waals surface area contributed by atoms with Crippen LogP contribution in [0, 0.1) is 0 Å². The van der Waals surface area contributed by atoms with Crippen molar-refractivity contribution in [2.75, 3.05) is 18.0 Å². The molecule has 1 aromatic rings. The molecule has 3 rings (SSSR count). The van der Waals surface area contributed by atoms with Gasteiger partial charge in [0.15, 0.2) is 0 Å². The number of hydrogen-bond acceptors (Lipinski definition) is 2. The maximum Gasteiger partial charge on any atom is 0.418 e. The van der Waals surface area contributed by atoms with Crippen LogP contribution in [-0.2, 0) is 16.2 Å². The second kappa shape index (κ2) is 5.22. The summed E-state index contributed by atoms with van der Waals surface area (Å²) in [6.45, 7) is 1.10. The average molecular weight is 350 g/mol. The van der Waals surface area contributed by atoms with Crippen molar-refractivity contribution in [2.24, 2.45) is 0 Å². The number of hydrogen-bond donors (Lipinski definition) is 0. The highest BCUT2D eigenvalue weighted by molar-refractivity contribution is 9.08. The number of rotatable bonds is 2. The van der Waals surface area contributed by atoms with E-state index in [0.29, 0.717) is 24.0 Å². The molecule has 2 bridgehead atoms. The van der Waals surface area contributed by atoms with Gasteiger partial charge in [0.1, 0.15) is 0 Å². The first-order valence-electron chi connectivity index (χ1n) is 6.64. The van der Waals surface area contributed by atoms with Gasteiger partial charge in [-0.3, -0.25) is 0 Å². The van der Waals surface area contributed by atoms with Crippen LogP contribution >= 0.6 is 15.9 Å². The molecular formula is C14H15BrF3NO. The number of morpholine rings is 1. The molecule has 0 aliphatic carbocycles. The highest BCUT2D eigenvalue weighted by Gasteiger charge is 2.39. The van der Waals surface area contributed by atoms with Gasteiger partial charge in [0.2, 0.25) is 0 Å². The predicted octanol–water partition coefficient (Wildman–Crippen LogP) is 3.97. The first-order chi connectivity index (χ1) is 9.47. The van der Waals surface area contributed by atoms with Crippen molar-refractivity contribution in [1.82, 2.24) is 0 Å². The summed E-state index contributed by atoms with van der Waals surface area (Å²) in [5.74, 6) is 0. The molecule has 2 heterocycles. The van der Waals surface area contributed by atoms with E-state index in [2.05, 4.69) is 15.9 Å². The van der Waals surface area contributed by atoms with Crippen molar-refractivity contribution in [1.29, 1.82) is 0 Å². The molecule has 2 saturated heterocycles. The molecule has 2 atom stereocenters. The highest BCUT2D eigenvalue weighted by atomic mass is 79.9. The molecule has 2 nitrogen and oxygen atoms in total. The molecule has 6 heteroatoms. The molecule has 2 unspecified atom stereocenters. The van der Waals surface area contributed by atoms with Crippen LogP contribution in [0.5, 0.6) is 0 Å². The van der Waals surface area contributed by atoms with E-state index in [-0.39, 0.29) is 17.9 Å². The van der Waals surface area contributed by atoms with Gasteiger partial charge in [0, 0.05) is 24.1 Å². The van der Waals surface area contributed by atoms with Gasteiger partial charge in [-0.25, -0.2) is 0 Å². The number of alkyl halides is 4. The van der Waals surface area contributed by atoms with E-state index in [0.717, 1.165) is 12.8 Å². The fraction of sp³-hybridized carbons (Fsp3) is 0.571. The third-order valence-electron chi connectivity index (χ3n) is 3.90. The minimum absolute atomic E-state index is 0.0747. The molecule has 110 valence electrons. The monoisotopic (exact) mass is 349 g/mol. The van der Waals surface area contributed by atoms with Crippen LogP contribution in [-0.4, -0.2) is 25.3 Å². The van der Waals surface area contributed by atoms with E-state index >= 15 is 0 Å². The molecule has 0 spiro atoms. The summed E-state index contributed by atoms with van der Waals surface area (Å²) in [5.41, 5.74) is 0.371. The van der Waals surface area contributed by atoms with E-state index in [4.69, 9.17) is 4.74 Å². The van der Waals surface area contributed by atoms with Crippen molar-refractivity contribution in [2.45, 2.75) is 36.6 Å². The van der Waals surface area contributed by atoms with Gasteiger partial charge < -0.3 is 9.64 Å². The van der Waals surface area contributed by atoms with E-state index < -0.39 is 11.7 Å². The van der Waals surface area contributed by atoms with Crippen LogP contribution in [0.15, 0.2) is 18.2 Å². The molecule has 0 N–H and O–H groups in total. The lowest BCUT2D eigenvalue weighted by Gasteiger charge is -2.35. The van der Waals surface area contributed by atoms with Crippen LogP contribution in [0.2, 0.25) is 0 Å². The van der Waals surface area contributed by atoms with Crippen molar-refractivity contribution < 1.29 is 17.9 Å². The Balaban J connectivity index is 1.96. The SMILES string of the molecule is FC(F)(F)c1cc(CBr)ccc1N1CC2CCC(C1)O2. The lowest BCUT2D eigenvalue weighted by atomic mass is 10.1. The van der Waals surface area contributed by atoms with Crippen LogP contribution in [0.25, 0.3) is 0 Å². The van der Waals surface area contributed by atoms with Gasteiger partial charge in [-0.2, -0.15) is 13.2 Å². The minimum Gasteiger partial charge on any atom is -0.371 e. The molecule has 2 aliphatic heterocycles. The maximum atomic E-state index is 13.3. The Morgan fingerprint density at radius 3 is 2.40 bits per heavy atom. The van der Waals surface area contributed by atoms with Crippen LogP contribution in [0.4, 0.5) is 18.9 Å². The summed E-state index contributed by atoms with van der Waals surface area (Å²) in [4.78, 5) is 1.83. The second-order valence-electron chi connectivity index (χ2n) is 5.35. The van der Waals surface area contributed by atoms with Gasteiger partial charge in [0.05, 0.1) is 17.8 Å². The molecule has 0 aromatic heterocycles. The average Bonchev–Trinajstić information content (AvgIpc) is 2.76. The Morgan fingerprint density at radius 2 is 1.85 bits per heavy atom. The summed E-state index contributed by atoms with van der Waals surface area (Å²) in [6.07, 6.45) is -2.29. The molecule has 2 fully saturated rings. The fourth-order valence-corrected chi connectivity index (χ4v) is 3.33. The number of ether oxygens (including phenoxy) is 1. The first-order valence-corrected chi connectivity index (χ1v) is 7.76. The van der Waals surface area contributed by atoms with Crippen molar-refractivity contribution in [3.63, 3.8) is 0 Å². The van der Waals surface area contributed by atoms with E-state index in [1.165, 1.54) is 6.07 Å². The largest absolute Gasteiger partial charge is 0.418 e. The summed E-state index contributed by atoms with van der Waals surface area (Å²) in [5, 5.41) is 0.421. The zero-order valence-corrected chi connectivity index (χ0v) is 12.4. The zero-order chi connectivity index (χ0) is 14.3. The topological polar surface area (TPSA) is 12.5 Å². The Hall–Kier alpha value is -0.750. The quantitative estimate of drug-likeness (QED) is 0.749. The lowest BCUT2D eigenvalue weighted by molar-refractivity contribution is -0.137. The maximum absolute atomic E-state index is 13.3. The van der Waals surface area contributed by atoms with Gasteiger partial charge >= 0.3 is 6.18 Å². The Bertz CT molecular complexity index is 494. The Morgan fingerprint density at radius 1 is 1.20 bits per heavy atom. The van der Waals surface area contributed by atoms with Crippen molar-refractivity contribution in [3.05, 3.63) is 29.3 Å². The first kappa shape index (κ1) is 14.2. The fourth-order valence-electron chi connectivity index (χ4n) is 2.98. The Kier molecular flexibility index (Phi) is 3.71. The Labute approximate surface area is 124 Å². The van der Waals surface area contributed by atoms with Crippen molar-refractivity contribution >= 4 is 21.6 Å². The van der Waals surface area contributed by atoms with E-state index in [1.807, 2.05) is 4.90 Å². The zero-order valence-electron chi connectivity index (χ0n) is 10.8. The molecular weight excluding hydrogens is 335 g/mol. The van der Waals surface area contributed by atoms with Gasteiger partial charge in [-0.1, -0.05) is 22.0 Å². The number of benzene rings is 1. The van der Waals surface area contributed by atoms with E-state index in [1.54, 1.807) is 12.1 Å². The summed E-state index contributed by atoms with van der Waals surface area (Å²) < 4.78 is 45.5. The normalized spacial score (nSPS) is 26.1. The van der Waals surface area contributed by atoms with Gasteiger partial charge in [-0.05, 0) is 30.5 Å². The predicted molar refractivity (Wildman–Crippen MR) is 74.2 cm³/mol. The smallest absolute Gasteiger partial charge is 0.371 e. The molecule has 20 heavy (non-hydrogen) atoms. The number of fused-ring (bicyclic) bond motifs is 2. The molecule has 2 aliphatic rings. The van der Waals surface area contributed by atoms with Gasteiger partial charge in [-0.15, -0.1) is 0 Å². The third-order valence-corrected chi connectivity index (χ3v) is 4.55. The van der Waals surface area contributed by atoms with E-state index in [9.17, 15) is 13.2 Å². The van der Waals surface area contributed by atoms with Crippen LogP contribution < -0.4 is 4.90 Å². The van der Waals surface area contributed by atoms with Gasteiger partial charge in [0.25, 0.3) is 0 Å². The number of nitrogens with zero attached hydrogens (tertiary/aromatic N) is 1. The van der Waals surface area contributed by atoms with Crippen LogP contribution in [0.3, 0.4) is 0 Å². The van der Waals surface area contributed by atoms with Crippen LogP contribution in [0.1, 0.15) is 24.0 Å². The molecule has 0 saturated carbocycles. The van der Waals surface area contributed by atoms with Crippen molar-refractivity contribution in [3.8, 4) is 0 Å². The summed E-state index contributed by atoms with van der Waals surface area (Å²) in [6, 6.07) is 4.57. The lowest BCUT2D eigenvalue weighted by Crippen LogP contribution is -2.43. The standard InChI is InChI=1S/C14H15BrF3NO/c15-6-9-1-4-13(12(5-9)14(16,17)18)19-7-10-2-3-11(8-19)20-10/h1,4-5,10-11H,2-3,6-8H2. The minimum atomic E-state index is -4.33. The molecule has 0 amide bonds. The third kappa shape index (κ3) is 2.68. The highest BCUT2D eigenvalue weighted by Crippen LogP contribution is 2.39.